The van der Waals surface area contributed by atoms with Crippen molar-refractivity contribution in [1.29, 1.82) is 0 Å². The molecule has 3 unspecified atom stereocenters. The fourth-order valence-electron chi connectivity index (χ4n) is 0.779. The molecule has 0 aromatic carbocycles. The quantitative estimate of drug-likeness (QED) is 0.590. The summed E-state index contributed by atoms with van der Waals surface area (Å²) in [5.41, 5.74) is 0. The largest absolute Gasteiger partial charge is 0.349 e. The molecule has 54 valence electrons. The fourth-order valence-corrected chi connectivity index (χ4v) is 1.06. The summed E-state index contributed by atoms with van der Waals surface area (Å²) < 4.78 is 10.6. The fraction of sp³-hybridized carbons (Fsp3) is 1.00. The maximum atomic E-state index is 5.35. The molecule has 0 bridgehead atoms. The molecule has 0 aliphatic carbocycles. The van der Waals surface area contributed by atoms with Crippen LogP contribution < -0.4 is 0 Å². The Morgan fingerprint density at radius 3 is 2.56 bits per heavy atom. The zero-order valence-electron chi connectivity index (χ0n) is 5.63. The summed E-state index contributed by atoms with van der Waals surface area (Å²) in [6, 6.07) is 0. The molecule has 3 atom stereocenters. The van der Waals surface area contributed by atoms with E-state index in [4.69, 9.17) is 9.47 Å². The summed E-state index contributed by atoms with van der Waals surface area (Å²) >= 11 is 3.38. The van der Waals surface area contributed by atoms with Gasteiger partial charge in [-0.15, -0.1) is 0 Å². The first-order chi connectivity index (χ1) is 4.20. The average molecular weight is 195 g/mol. The van der Waals surface area contributed by atoms with Crippen LogP contribution in [0.3, 0.4) is 0 Å². The van der Waals surface area contributed by atoms with E-state index in [0.29, 0.717) is 4.83 Å². The zero-order valence-corrected chi connectivity index (χ0v) is 7.22. The number of hydrogen-bond acceptors (Lipinski definition) is 2. The Labute approximate surface area is 63.7 Å². The van der Waals surface area contributed by atoms with E-state index in [2.05, 4.69) is 15.9 Å². The van der Waals surface area contributed by atoms with Gasteiger partial charge in [-0.3, -0.25) is 0 Å². The highest BCUT2D eigenvalue weighted by atomic mass is 79.9. The van der Waals surface area contributed by atoms with Crippen molar-refractivity contribution in [3.63, 3.8) is 0 Å². The SMILES string of the molecule is CC1COC(C(C)Br)O1. The molecule has 0 saturated carbocycles. The predicted octanol–water partition coefficient (Wildman–Crippen LogP) is 1.53. The predicted molar refractivity (Wildman–Crippen MR) is 38.7 cm³/mol. The average Bonchev–Trinajstić information content (AvgIpc) is 2.14. The van der Waals surface area contributed by atoms with E-state index < -0.39 is 0 Å². The van der Waals surface area contributed by atoms with E-state index in [9.17, 15) is 0 Å². The molecule has 0 radical (unpaired) electrons. The third-order valence-corrected chi connectivity index (χ3v) is 1.67. The van der Waals surface area contributed by atoms with Crippen LogP contribution in [0.25, 0.3) is 0 Å². The van der Waals surface area contributed by atoms with Crippen LogP contribution in [-0.2, 0) is 9.47 Å². The highest BCUT2D eigenvalue weighted by molar-refractivity contribution is 9.09. The third-order valence-electron chi connectivity index (χ3n) is 1.24. The van der Waals surface area contributed by atoms with Gasteiger partial charge in [0, 0.05) is 0 Å². The Morgan fingerprint density at radius 2 is 2.33 bits per heavy atom. The second-order valence-corrected chi connectivity index (χ2v) is 3.77. The Bertz CT molecular complexity index is 95.1. The standard InChI is InChI=1S/C6H11BrO2/c1-4-3-8-6(9-4)5(2)7/h4-6H,3H2,1-2H3. The van der Waals surface area contributed by atoms with Crippen LogP contribution in [0.15, 0.2) is 0 Å². The topological polar surface area (TPSA) is 18.5 Å². The first-order valence-electron chi connectivity index (χ1n) is 3.11. The highest BCUT2D eigenvalue weighted by Crippen LogP contribution is 2.18. The Morgan fingerprint density at radius 1 is 1.67 bits per heavy atom. The van der Waals surface area contributed by atoms with Crippen LogP contribution in [-0.4, -0.2) is 23.8 Å². The van der Waals surface area contributed by atoms with Crippen LogP contribution in [0.4, 0.5) is 0 Å². The molecule has 1 heterocycles. The smallest absolute Gasteiger partial charge is 0.170 e. The second kappa shape index (κ2) is 2.99. The van der Waals surface area contributed by atoms with E-state index >= 15 is 0 Å². The summed E-state index contributed by atoms with van der Waals surface area (Å²) in [4.78, 5) is 0.294. The lowest BCUT2D eigenvalue weighted by atomic mass is 10.4. The summed E-state index contributed by atoms with van der Waals surface area (Å²) in [6.45, 7) is 4.75. The van der Waals surface area contributed by atoms with Gasteiger partial charge in [-0.1, -0.05) is 15.9 Å². The molecule has 1 aliphatic rings. The van der Waals surface area contributed by atoms with E-state index in [-0.39, 0.29) is 12.4 Å². The number of alkyl halides is 1. The molecule has 9 heavy (non-hydrogen) atoms. The summed E-state index contributed by atoms with van der Waals surface area (Å²) in [5.74, 6) is 0. The molecule has 2 nitrogen and oxygen atoms in total. The minimum absolute atomic E-state index is 0.0417. The molecular formula is C6H11BrO2. The van der Waals surface area contributed by atoms with Gasteiger partial charge in [-0.25, -0.2) is 0 Å². The molecule has 0 aromatic rings. The number of hydrogen-bond donors (Lipinski definition) is 0. The number of halogens is 1. The van der Waals surface area contributed by atoms with Crippen LogP contribution in [0.5, 0.6) is 0 Å². The van der Waals surface area contributed by atoms with Crippen LogP contribution >= 0.6 is 15.9 Å². The zero-order chi connectivity index (χ0) is 6.85. The molecule has 3 heteroatoms. The molecule has 1 fully saturated rings. The van der Waals surface area contributed by atoms with Gasteiger partial charge in [-0.2, -0.15) is 0 Å². The molecule has 1 aliphatic heterocycles. The van der Waals surface area contributed by atoms with Crippen molar-refractivity contribution in [2.24, 2.45) is 0 Å². The maximum Gasteiger partial charge on any atom is 0.170 e. The first-order valence-corrected chi connectivity index (χ1v) is 4.03. The summed E-state index contributed by atoms with van der Waals surface area (Å²) in [5, 5.41) is 0. The van der Waals surface area contributed by atoms with Crippen LogP contribution in [0, 0.1) is 0 Å². The van der Waals surface area contributed by atoms with Gasteiger partial charge in [0.15, 0.2) is 6.29 Å². The van der Waals surface area contributed by atoms with Crippen molar-refractivity contribution < 1.29 is 9.47 Å². The van der Waals surface area contributed by atoms with E-state index in [1.165, 1.54) is 0 Å². The Kier molecular flexibility index (Phi) is 2.50. The van der Waals surface area contributed by atoms with Crippen molar-refractivity contribution in [1.82, 2.24) is 0 Å². The highest BCUT2D eigenvalue weighted by Gasteiger charge is 2.25. The lowest BCUT2D eigenvalue weighted by Crippen LogP contribution is -2.18. The number of ether oxygens (including phenoxy) is 2. The minimum Gasteiger partial charge on any atom is -0.349 e. The lowest BCUT2D eigenvalue weighted by molar-refractivity contribution is -0.0501. The van der Waals surface area contributed by atoms with Gasteiger partial charge in [0.05, 0.1) is 17.5 Å². The van der Waals surface area contributed by atoms with Crippen LogP contribution in [0.2, 0.25) is 0 Å². The molecule has 1 rings (SSSR count). The van der Waals surface area contributed by atoms with Crippen molar-refractivity contribution in [2.45, 2.75) is 31.1 Å². The van der Waals surface area contributed by atoms with Gasteiger partial charge >= 0.3 is 0 Å². The van der Waals surface area contributed by atoms with E-state index in [1.807, 2.05) is 13.8 Å². The molecular weight excluding hydrogens is 184 g/mol. The molecule has 0 spiro atoms. The molecule has 0 aromatic heterocycles. The summed E-state index contributed by atoms with van der Waals surface area (Å²) in [7, 11) is 0. The maximum absolute atomic E-state index is 5.35. The molecule has 0 N–H and O–H groups in total. The second-order valence-electron chi connectivity index (χ2n) is 2.33. The van der Waals surface area contributed by atoms with Crippen LogP contribution in [0.1, 0.15) is 13.8 Å². The van der Waals surface area contributed by atoms with Gasteiger partial charge in [0.2, 0.25) is 0 Å². The van der Waals surface area contributed by atoms with Gasteiger partial charge in [0.25, 0.3) is 0 Å². The van der Waals surface area contributed by atoms with Crippen molar-refractivity contribution in [3.8, 4) is 0 Å². The Balaban J connectivity index is 2.30. The van der Waals surface area contributed by atoms with Gasteiger partial charge in [-0.05, 0) is 13.8 Å². The molecule has 0 amide bonds. The van der Waals surface area contributed by atoms with Crippen molar-refractivity contribution >= 4 is 15.9 Å². The van der Waals surface area contributed by atoms with E-state index in [1.54, 1.807) is 0 Å². The Hall–Kier alpha value is 0.400. The minimum atomic E-state index is -0.0417. The van der Waals surface area contributed by atoms with Crippen molar-refractivity contribution in [3.05, 3.63) is 0 Å². The normalized spacial score (nSPS) is 39.0. The summed E-state index contributed by atoms with van der Waals surface area (Å²) in [6.07, 6.45) is 0.218. The third kappa shape index (κ3) is 1.92. The number of rotatable bonds is 1. The van der Waals surface area contributed by atoms with Gasteiger partial charge in [0.1, 0.15) is 0 Å². The van der Waals surface area contributed by atoms with Crippen molar-refractivity contribution in [2.75, 3.05) is 6.61 Å². The monoisotopic (exact) mass is 194 g/mol. The first kappa shape index (κ1) is 7.51. The van der Waals surface area contributed by atoms with Gasteiger partial charge < -0.3 is 9.47 Å². The molecule has 1 saturated heterocycles. The van der Waals surface area contributed by atoms with E-state index in [0.717, 1.165) is 6.61 Å². The lowest BCUT2D eigenvalue weighted by Gasteiger charge is -2.10.